The first-order chi connectivity index (χ1) is 8.31. The molecule has 1 aromatic heterocycles. The highest BCUT2D eigenvalue weighted by atomic mass is 32.2. The Morgan fingerprint density at radius 3 is 2.44 bits per heavy atom. The summed E-state index contributed by atoms with van der Waals surface area (Å²) < 4.78 is 33.3. The van der Waals surface area contributed by atoms with Gasteiger partial charge in [0.2, 0.25) is 0 Å². The standard InChI is InChI=1S/C9H17N2.C3H6O3S/c1-4-5-6-11-8-7-10(3)9(11)2;1-2-3-7(4,5)6/h7-8H,4-6H2,1-3H3;2H,1,3H2,(H,4,5,6)/q+1;/p-1. The van der Waals surface area contributed by atoms with Crippen molar-refractivity contribution in [2.45, 2.75) is 33.2 Å². The summed E-state index contributed by atoms with van der Waals surface area (Å²) in [5.41, 5.74) is 0. The fourth-order valence-corrected chi connectivity index (χ4v) is 1.60. The molecule has 0 aliphatic heterocycles. The van der Waals surface area contributed by atoms with Crippen LogP contribution in [0.15, 0.2) is 25.0 Å². The summed E-state index contributed by atoms with van der Waals surface area (Å²) in [6.07, 6.45) is 7.84. The summed E-state index contributed by atoms with van der Waals surface area (Å²) >= 11 is 0. The van der Waals surface area contributed by atoms with E-state index in [0.29, 0.717) is 0 Å². The van der Waals surface area contributed by atoms with Crippen LogP contribution in [0.2, 0.25) is 0 Å². The molecule has 0 aliphatic rings. The Labute approximate surface area is 110 Å². The Balaban J connectivity index is 0.000000360. The first-order valence-corrected chi connectivity index (χ1v) is 7.45. The van der Waals surface area contributed by atoms with Gasteiger partial charge in [-0.3, -0.25) is 0 Å². The second kappa shape index (κ2) is 8.05. The van der Waals surface area contributed by atoms with Gasteiger partial charge in [0, 0.05) is 6.92 Å². The number of hydrogen-bond acceptors (Lipinski definition) is 3. The van der Waals surface area contributed by atoms with Crippen LogP contribution in [0.25, 0.3) is 0 Å². The second-order valence-electron chi connectivity index (χ2n) is 4.02. The predicted octanol–water partition coefficient (Wildman–Crippen LogP) is 1.14. The Hall–Kier alpha value is -1.14. The summed E-state index contributed by atoms with van der Waals surface area (Å²) in [6.45, 7) is 8.59. The topological polar surface area (TPSA) is 66.0 Å². The van der Waals surface area contributed by atoms with Crippen molar-refractivity contribution in [3.63, 3.8) is 0 Å². The first-order valence-electron chi connectivity index (χ1n) is 5.87. The smallest absolute Gasteiger partial charge is 0.253 e. The number of aromatic nitrogens is 2. The molecular formula is C12H22N2O3S. The van der Waals surface area contributed by atoms with Gasteiger partial charge in [0.15, 0.2) is 0 Å². The largest absolute Gasteiger partial charge is 0.748 e. The molecule has 0 fully saturated rings. The van der Waals surface area contributed by atoms with E-state index < -0.39 is 15.9 Å². The van der Waals surface area contributed by atoms with Crippen LogP contribution in [-0.4, -0.2) is 23.3 Å². The number of nitrogens with zero attached hydrogens (tertiary/aromatic N) is 2. The zero-order valence-electron chi connectivity index (χ0n) is 11.3. The SMILES string of the molecule is C=CCS(=O)(=O)[O-].CCCC[n+]1ccn(C)c1C. The van der Waals surface area contributed by atoms with Gasteiger partial charge < -0.3 is 4.55 Å². The van der Waals surface area contributed by atoms with Crippen LogP contribution in [0.4, 0.5) is 0 Å². The first kappa shape index (κ1) is 16.9. The average Bonchev–Trinajstić information content (AvgIpc) is 2.56. The third-order valence-corrected chi connectivity index (χ3v) is 3.11. The van der Waals surface area contributed by atoms with Crippen molar-refractivity contribution in [1.82, 2.24) is 4.57 Å². The van der Waals surface area contributed by atoms with Gasteiger partial charge in [-0.25, -0.2) is 17.6 Å². The number of imidazole rings is 1. The molecule has 6 heteroatoms. The number of aryl methyl sites for hydroxylation is 2. The molecule has 0 atom stereocenters. The summed E-state index contributed by atoms with van der Waals surface area (Å²) in [7, 11) is -1.96. The van der Waals surface area contributed by atoms with E-state index in [1.165, 1.54) is 18.7 Å². The Morgan fingerprint density at radius 1 is 1.56 bits per heavy atom. The van der Waals surface area contributed by atoms with Crippen LogP contribution in [0, 0.1) is 6.92 Å². The average molecular weight is 274 g/mol. The van der Waals surface area contributed by atoms with Gasteiger partial charge in [-0.2, -0.15) is 0 Å². The summed E-state index contributed by atoms with van der Waals surface area (Å²) in [5.74, 6) is 0.853. The molecule has 0 unspecified atom stereocenters. The number of hydrogen-bond donors (Lipinski definition) is 0. The molecule has 0 aliphatic carbocycles. The van der Waals surface area contributed by atoms with Crippen LogP contribution in [0.5, 0.6) is 0 Å². The highest BCUT2D eigenvalue weighted by Gasteiger charge is 2.06. The maximum atomic E-state index is 9.60. The maximum absolute atomic E-state index is 9.60. The van der Waals surface area contributed by atoms with E-state index in [0.717, 1.165) is 12.6 Å². The molecule has 0 saturated carbocycles. The van der Waals surface area contributed by atoms with Crippen molar-refractivity contribution in [2.24, 2.45) is 7.05 Å². The number of rotatable bonds is 5. The van der Waals surface area contributed by atoms with Gasteiger partial charge in [-0.05, 0) is 6.42 Å². The van der Waals surface area contributed by atoms with E-state index in [2.05, 4.69) is 49.0 Å². The van der Waals surface area contributed by atoms with Crippen LogP contribution in [0.3, 0.4) is 0 Å². The van der Waals surface area contributed by atoms with Crippen LogP contribution in [-0.2, 0) is 23.7 Å². The van der Waals surface area contributed by atoms with Crippen LogP contribution < -0.4 is 4.57 Å². The third kappa shape index (κ3) is 7.24. The Bertz CT molecular complexity index is 464. The molecule has 1 heterocycles. The quantitative estimate of drug-likeness (QED) is 0.459. The lowest BCUT2D eigenvalue weighted by molar-refractivity contribution is -0.702. The molecule has 0 saturated heterocycles. The fraction of sp³-hybridized carbons (Fsp3) is 0.583. The zero-order valence-corrected chi connectivity index (χ0v) is 12.1. The fourth-order valence-electron chi connectivity index (χ4n) is 1.31. The van der Waals surface area contributed by atoms with E-state index in [1.54, 1.807) is 0 Å². The summed E-state index contributed by atoms with van der Waals surface area (Å²) in [5, 5.41) is 0. The molecule has 5 nitrogen and oxygen atoms in total. The highest BCUT2D eigenvalue weighted by molar-refractivity contribution is 7.85. The zero-order chi connectivity index (χ0) is 14.2. The molecule has 0 radical (unpaired) electrons. The van der Waals surface area contributed by atoms with Crippen molar-refractivity contribution in [3.8, 4) is 0 Å². The van der Waals surface area contributed by atoms with Gasteiger partial charge in [-0.15, -0.1) is 6.58 Å². The number of unbranched alkanes of at least 4 members (excludes halogenated alkanes) is 1. The lowest BCUT2D eigenvalue weighted by Gasteiger charge is -1.98. The van der Waals surface area contributed by atoms with Crippen molar-refractivity contribution >= 4 is 10.1 Å². The molecule has 1 rings (SSSR count). The van der Waals surface area contributed by atoms with E-state index in [4.69, 9.17) is 0 Å². The van der Waals surface area contributed by atoms with Crippen LogP contribution in [0.1, 0.15) is 25.6 Å². The normalized spacial score (nSPS) is 10.7. The second-order valence-corrected chi connectivity index (χ2v) is 5.46. The molecule has 104 valence electrons. The molecule has 1 aromatic rings. The van der Waals surface area contributed by atoms with Crippen molar-refractivity contribution < 1.29 is 17.5 Å². The summed E-state index contributed by atoms with van der Waals surface area (Å²) in [6, 6.07) is 0. The minimum Gasteiger partial charge on any atom is -0.748 e. The van der Waals surface area contributed by atoms with Gasteiger partial charge in [0.05, 0.1) is 29.5 Å². The minimum atomic E-state index is -4.04. The molecule has 0 N–H and O–H groups in total. The van der Waals surface area contributed by atoms with E-state index in [9.17, 15) is 13.0 Å². The molecule has 18 heavy (non-hydrogen) atoms. The van der Waals surface area contributed by atoms with Gasteiger partial charge in [-0.1, -0.05) is 19.4 Å². The molecule has 0 bridgehead atoms. The highest BCUT2D eigenvalue weighted by Crippen LogP contribution is 1.91. The minimum absolute atomic E-state index is 0.479. The molecule has 0 aromatic carbocycles. The predicted molar refractivity (Wildman–Crippen MR) is 70.0 cm³/mol. The van der Waals surface area contributed by atoms with Gasteiger partial charge >= 0.3 is 0 Å². The van der Waals surface area contributed by atoms with Crippen molar-refractivity contribution in [3.05, 3.63) is 30.9 Å². The lowest BCUT2D eigenvalue weighted by Crippen LogP contribution is -2.35. The van der Waals surface area contributed by atoms with E-state index >= 15 is 0 Å². The van der Waals surface area contributed by atoms with Gasteiger partial charge in [0.25, 0.3) is 5.82 Å². The van der Waals surface area contributed by atoms with Crippen LogP contribution >= 0.6 is 0 Å². The monoisotopic (exact) mass is 274 g/mol. The molecule has 0 amide bonds. The van der Waals surface area contributed by atoms with Crippen molar-refractivity contribution in [1.29, 1.82) is 0 Å². The lowest BCUT2D eigenvalue weighted by atomic mass is 10.3. The third-order valence-electron chi connectivity index (χ3n) is 2.47. The van der Waals surface area contributed by atoms with E-state index in [1.807, 2.05) is 0 Å². The van der Waals surface area contributed by atoms with Crippen molar-refractivity contribution in [2.75, 3.05) is 5.75 Å². The molecule has 0 spiro atoms. The van der Waals surface area contributed by atoms with E-state index in [-0.39, 0.29) is 0 Å². The molecular weight excluding hydrogens is 252 g/mol. The Morgan fingerprint density at radius 2 is 2.17 bits per heavy atom. The van der Waals surface area contributed by atoms with Gasteiger partial charge in [0.1, 0.15) is 12.4 Å². The Kier molecular flexibility index (Phi) is 7.54. The maximum Gasteiger partial charge on any atom is 0.253 e. The summed E-state index contributed by atoms with van der Waals surface area (Å²) in [4.78, 5) is 0.